The van der Waals surface area contributed by atoms with Gasteiger partial charge in [-0.25, -0.2) is 9.37 Å². The third-order valence-corrected chi connectivity index (χ3v) is 5.01. The Balaban J connectivity index is 1.60. The molecule has 0 aliphatic heterocycles. The Morgan fingerprint density at radius 2 is 1.86 bits per heavy atom. The number of rotatable bonds is 7. The predicted molar refractivity (Wildman–Crippen MR) is 105 cm³/mol. The van der Waals surface area contributed by atoms with Crippen LogP contribution >= 0.6 is 11.8 Å². The van der Waals surface area contributed by atoms with Gasteiger partial charge in [-0.2, -0.15) is 0 Å². The summed E-state index contributed by atoms with van der Waals surface area (Å²) in [6.07, 6.45) is 3.27. The molecule has 0 atom stereocenters. The lowest BCUT2D eigenvalue weighted by Crippen LogP contribution is -2.28. The minimum atomic E-state index is -0.326. The normalized spacial score (nSPS) is 10.6. The van der Waals surface area contributed by atoms with E-state index < -0.39 is 0 Å². The Morgan fingerprint density at radius 1 is 1.14 bits per heavy atom. The molecule has 3 rings (SSSR count). The molecule has 1 aromatic carbocycles. The molecule has 0 fully saturated rings. The number of aromatic amines is 1. The third-order valence-electron chi connectivity index (χ3n) is 4.07. The van der Waals surface area contributed by atoms with Crippen molar-refractivity contribution in [2.24, 2.45) is 0 Å². The first-order chi connectivity index (χ1) is 13.5. The zero-order valence-corrected chi connectivity index (χ0v) is 16.1. The van der Waals surface area contributed by atoms with Crippen molar-refractivity contribution < 1.29 is 9.18 Å². The topological polar surface area (TPSA) is 87.7 Å². The second-order valence-corrected chi connectivity index (χ2v) is 7.12. The van der Waals surface area contributed by atoms with Crippen LogP contribution in [0.15, 0.2) is 58.7 Å². The van der Waals surface area contributed by atoms with Gasteiger partial charge in [-0.3, -0.25) is 14.6 Å². The summed E-state index contributed by atoms with van der Waals surface area (Å²) in [5, 5.41) is 3.25. The van der Waals surface area contributed by atoms with Crippen LogP contribution < -0.4 is 10.9 Å². The summed E-state index contributed by atoms with van der Waals surface area (Å²) in [5.74, 6) is 0.00985. The van der Waals surface area contributed by atoms with Gasteiger partial charge in [0.25, 0.3) is 5.56 Å². The van der Waals surface area contributed by atoms with E-state index >= 15 is 0 Å². The Hall–Kier alpha value is -3.00. The fourth-order valence-corrected chi connectivity index (χ4v) is 3.38. The molecule has 0 saturated carbocycles. The van der Waals surface area contributed by atoms with E-state index in [1.54, 1.807) is 31.5 Å². The largest absolute Gasteiger partial charge is 0.352 e. The summed E-state index contributed by atoms with van der Waals surface area (Å²) in [4.78, 5) is 35.6. The third kappa shape index (κ3) is 5.50. The van der Waals surface area contributed by atoms with Crippen LogP contribution in [0, 0.1) is 12.7 Å². The van der Waals surface area contributed by atoms with Crippen LogP contribution in [0.25, 0.3) is 0 Å². The highest BCUT2D eigenvalue weighted by Crippen LogP contribution is 2.19. The van der Waals surface area contributed by atoms with Crippen LogP contribution in [0.5, 0.6) is 0 Å². The summed E-state index contributed by atoms with van der Waals surface area (Å²) < 4.78 is 13.0. The highest BCUT2D eigenvalue weighted by molar-refractivity contribution is 7.98. The molecule has 0 aliphatic carbocycles. The number of thioether (sulfide) groups is 1. The molecule has 3 aromatic rings. The average Bonchev–Trinajstić information content (AvgIpc) is 2.69. The van der Waals surface area contributed by atoms with Crippen molar-refractivity contribution >= 4 is 17.7 Å². The van der Waals surface area contributed by atoms with Gasteiger partial charge in [0, 0.05) is 35.9 Å². The van der Waals surface area contributed by atoms with Gasteiger partial charge < -0.3 is 10.3 Å². The highest BCUT2D eigenvalue weighted by atomic mass is 32.2. The lowest BCUT2D eigenvalue weighted by molar-refractivity contribution is -0.120. The number of nitrogens with one attached hydrogen (secondary N) is 2. The Kier molecular flexibility index (Phi) is 6.54. The van der Waals surface area contributed by atoms with E-state index in [0.717, 1.165) is 11.1 Å². The van der Waals surface area contributed by atoms with E-state index in [9.17, 15) is 14.0 Å². The lowest BCUT2D eigenvalue weighted by Gasteiger charge is -2.08. The van der Waals surface area contributed by atoms with Crippen LogP contribution in [0.2, 0.25) is 0 Å². The molecule has 0 bridgehead atoms. The fourth-order valence-electron chi connectivity index (χ4n) is 2.52. The van der Waals surface area contributed by atoms with Crippen molar-refractivity contribution in [2.45, 2.75) is 30.8 Å². The van der Waals surface area contributed by atoms with E-state index in [2.05, 4.69) is 20.3 Å². The highest BCUT2D eigenvalue weighted by Gasteiger charge is 2.13. The molecule has 0 radical (unpaired) electrons. The standard InChI is InChI=1S/C20H19FN4O2S/c1-13-17(10-18(26)23-11-14-6-8-22-9-7-14)19(27)25-20(24-13)28-12-15-2-4-16(21)5-3-15/h2-9H,10-12H2,1H3,(H,23,26)(H,24,25,27). The molecule has 6 nitrogen and oxygen atoms in total. The second-order valence-electron chi connectivity index (χ2n) is 6.16. The summed E-state index contributed by atoms with van der Waals surface area (Å²) in [6, 6.07) is 9.79. The van der Waals surface area contributed by atoms with Crippen molar-refractivity contribution in [3.05, 3.63) is 87.3 Å². The van der Waals surface area contributed by atoms with Crippen LogP contribution in [0.3, 0.4) is 0 Å². The van der Waals surface area contributed by atoms with E-state index in [-0.39, 0.29) is 23.7 Å². The molecule has 2 N–H and O–H groups in total. The zero-order chi connectivity index (χ0) is 19.9. The van der Waals surface area contributed by atoms with Gasteiger partial charge in [-0.1, -0.05) is 23.9 Å². The van der Waals surface area contributed by atoms with Crippen molar-refractivity contribution in [3.63, 3.8) is 0 Å². The Bertz CT molecular complexity index is 1010. The Labute approximate surface area is 165 Å². The van der Waals surface area contributed by atoms with Gasteiger partial charge in [-0.05, 0) is 42.3 Å². The molecule has 144 valence electrons. The van der Waals surface area contributed by atoms with Crippen LogP contribution in [0.1, 0.15) is 22.4 Å². The number of nitrogens with zero attached hydrogens (tertiary/aromatic N) is 2. The van der Waals surface area contributed by atoms with E-state index in [1.165, 1.54) is 23.9 Å². The van der Waals surface area contributed by atoms with Gasteiger partial charge in [0.15, 0.2) is 5.16 Å². The number of benzene rings is 1. The SMILES string of the molecule is Cc1nc(SCc2ccc(F)cc2)[nH]c(=O)c1CC(=O)NCc1ccncc1. The number of amides is 1. The lowest BCUT2D eigenvalue weighted by atomic mass is 10.1. The summed E-state index contributed by atoms with van der Waals surface area (Å²) >= 11 is 1.35. The minimum Gasteiger partial charge on any atom is -0.352 e. The molecule has 2 aromatic heterocycles. The number of halogens is 1. The maximum atomic E-state index is 13.0. The number of carbonyl (C=O) groups is 1. The van der Waals surface area contributed by atoms with Gasteiger partial charge >= 0.3 is 0 Å². The monoisotopic (exact) mass is 398 g/mol. The number of aryl methyl sites for hydroxylation is 1. The maximum Gasteiger partial charge on any atom is 0.255 e. The second kappa shape index (κ2) is 9.27. The molecule has 0 aliphatic rings. The first-order valence-corrected chi connectivity index (χ1v) is 9.62. The number of carbonyl (C=O) groups excluding carboxylic acids is 1. The number of hydrogen-bond donors (Lipinski definition) is 2. The molecule has 0 saturated heterocycles. The number of H-pyrrole nitrogens is 1. The molecular weight excluding hydrogens is 379 g/mol. The van der Waals surface area contributed by atoms with E-state index in [4.69, 9.17) is 0 Å². The fraction of sp³-hybridized carbons (Fsp3) is 0.200. The summed E-state index contributed by atoms with van der Waals surface area (Å²) in [6.45, 7) is 2.08. The molecule has 1 amide bonds. The molecule has 2 heterocycles. The summed E-state index contributed by atoms with van der Waals surface area (Å²) in [5.41, 5.74) is 2.39. The van der Waals surface area contributed by atoms with Gasteiger partial charge in [0.05, 0.1) is 6.42 Å². The molecule has 0 unspecified atom stereocenters. The predicted octanol–water partition coefficient (Wildman–Crippen LogP) is 2.76. The molecular formula is C20H19FN4O2S. The molecule has 28 heavy (non-hydrogen) atoms. The van der Waals surface area contributed by atoms with Gasteiger partial charge in [0.1, 0.15) is 5.82 Å². The van der Waals surface area contributed by atoms with Gasteiger partial charge in [-0.15, -0.1) is 0 Å². The first kappa shape index (κ1) is 19.8. The van der Waals surface area contributed by atoms with Gasteiger partial charge in [0.2, 0.25) is 5.91 Å². The van der Waals surface area contributed by atoms with Crippen LogP contribution in [-0.4, -0.2) is 20.9 Å². The summed E-state index contributed by atoms with van der Waals surface area (Å²) in [7, 11) is 0. The van der Waals surface area contributed by atoms with E-state index in [0.29, 0.717) is 28.7 Å². The maximum absolute atomic E-state index is 13.0. The molecule has 0 spiro atoms. The number of pyridine rings is 1. The van der Waals surface area contributed by atoms with Crippen molar-refractivity contribution in [1.29, 1.82) is 0 Å². The molecule has 8 heteroatoms. The van der Waals surface area contributed by atoms with Crippen molar-refractivity contribution in [1.82, 2.24) is 20.3 Å². The van der Waals surface area contributed by atoms with Crippen molar-refractivity contribution in [2.75, 3.05) is 0 Å². The Morgan fingerprint density at radius 3 is 2.54 bits per heavy atom. The van der Waals surface area contributed by atoms with Crippen LogP contribution in [-0.2, 0) is 23.5 Å². The minimum absolute atomic E-state index is 0.0395. The van der Waals surface area contributed by atoms with Crippen molar-refractivity contribution in [3.8, 4) is 0 Å². The quantitative estimate of drug-likeness (QED) is 0.472. The number of hydrogen-bond acceptors (Lipinski definition) is 5. The smallest absolute Gasteiger partial charge is 0.255 e. The number of aromatic nitrogens is 3. The average molecular weight is 398 g/mol. The first-order valence-electron chi connectivity index (χ1n) is 8.64. The zero-order valence-electron chi connectivity index (χ0n) is 15.2. The van der Waals surface area contributed by atoms with E-state index in [1.807, 2.05) is 12.1 Å². The van der Waals surface area contributed by atoms with Crippen LogP contribution in [0.4, 0.5) is 4.39 Å².